The number of rotatable bonds is 7. The number of carbonyl (C=O) groups excluding carboxylic acids is 3. The van der Waals surface area contributed by atoms with Gasteiger partial charge in [-0.1, -0.05) is 55.3 Å². The highest BCUT2D eigenvalue weighted by Crippen LogP contribution is 2.31. The molecule has 1 unspecified atom stereocenters. The highest BCUT2D eigenvalue weighted by atomic mass is 16.2. The first-order chi connectivity index (χ1) is 14.9. The summed E-state index contributed by atoms with van der Waals surface area (Å²) in [6.07, 6.45) is 2.99. The van der Waals surface area contributed by atoms with Gasteiger partial charge < -0.3 is 21.3 Å². The van der Waals surface area contributed by atoms with E-state index in [1.807, 2.05) is 55.5 Å². The number of anilines is 1. The Labute approximate surface area is 183 Å². The molecule has 4 N–H and O–H groups in total. The molecule has 31 heavy (non-hydrogen) atoms. The van der Waals surface area contributed by atoms with Crippen LogP contribution in [0.15, 0.2) is 54.6 Å². The maximum Gasteiger partial charge on any atom is 0.315 e. The molecule has 0 saturated heterocycles. The molecule has 2 aromatic rings. The SMILES string of the molecule is CC(=O)Nc1cccc(C(C)NC(=O)C2(NC(=O)NCc3ccccc3)CCCC2)c1. The van der Waals surface area contributed by atoms with Crippen molar-refractivity contribution >= 4 is 23.5 Å². The van der Waals surface area contributed by atoms with Gasteiger partial charge in [0.1, 0.15) is 5.54 Å². The summed E-state index contributed by atoms with van der Waals surface area (Å²) in [6.45, 7) is 3.75. The summed E-state index contributed by atoms with van der Waals surface area (Å²) in [5.74, 6) is -0.332. The Balaban J connectivity index is 1.63. The van der Waals surface area contributed by atoms with Crippen LogP contribution < -0.4 is 21.3 Å². The Morgan fingerprint density at radius 2 is 1.71 bits per heavy atom. The molecule has 0 radical (unpaired) electrons. The molecule has 0 heterocycles. The van der Waals surface area contributed by atoms with Crippen LogP contribution in [0.4, 0.5) is 10.5 Å². The van der Waals surface area contributed by atoms with E-state index >= 15 is 0 Å². The molecule has 0 aromatic heterocycles. The maximum atomic E-state index is 13.2. The topological polar surface area (TPSA) is 99.3 Å². The van der Waals surface area contributed by atoms with E-state index in [2.05, 4.69) is 21.3 Å². The summed E-state index contributed by atoms with van der Waals surface area (Å²) in [4.78, 5) is 37.1. The number of carbonyl (C=O) groups is 3. The average Bonchev–Trinajstić information content (AvgIpc) is 3.22. The van der Waals surface area contributed by atoms with Crippen molar-refractivity contribution in [1.29, 1.82) is 0 Å². The normalized spacial score (nSPS) is 15.5. The van der Waals surface area contributed by atoms with E-state index in [-0.39, 0.29) is 23.9 Å². The average molecular weight is 423 g/mol. The second kappa shape index (κ2) is 10.1. The first kappa shape index (κ1) is 22.3. The minimum atomic E-state index is -0.912. The third-order valence-corrected chi connectivity index (χ3v) is 5.60. The molecule has 1 fully saturated rings. The third kappa shape index (κ3) is 6.07. The molecule has 3 rings (SSSR count). The van der Waals surface area contributed by atoms with Gasteiger partial charge in [-0.25, -0.2) is 4.79 Å². The zero-order valence-corrected chi connectivity index (χ0v) is 18.0. The van der Waals surface area contributed by atoms with Gasteiger partial charge in [-0.05, 0) is 43.0 Å². The molecule has 4 amide bonds. The minimum absolute atomic E-state index is 0.149. The van der Waals surface area contributed by atoms with Gasteiger partial charge in [0.15, 0.2) is 0 Å². The molecule has 1 aliphatic carbocycles. The molecule has 0 bridgehead atoms. The number of hydrogen-bond donors (Lipinski definition) is 4. The lowest BCUT2D eigenvalue weighted by Crippen LogP contribution is -2.59. The fourth-order valence-electron chi connectivity index (χ4n) is 3.93. The van der Waals surface area contributed by atoms with Crippen LogP contribution in [-0.4, -0.2) is 23.4 Å². The lowest BCUT2D eigenvalue weighted by molar-refractivity contribution is -0.127. The van der Waals surface area contributed by atoms with Crippen molar-refractivity contribution in [2.75, 3.05) is 5.32 Å². The predicted molar refractivity (Wildman–Crippen MR) is 120 cm³/mol. The Hall–Kier alpha value is -3.35. The molecule has 1 saturated carbocycles. The van der Waals surface area contributed by atoms with Gasteiger partial charge in [0.25, 0.3) is 0 Å². The van der Waals surface area contributed by atoms with E-state index in [0.29, 0.717) is 25.1 Å². The van der Waals surface area contributed by atoms with Gasteiger partial charge >= 0.3 is 6.03 Å². The van der Waals surface area contributed by atoms with E-state index in [1.165, 1.54) is 6.92 Å². The first-order valence-electron chi connectivity index (χ1n) is 10.7. The van der Waals surface area contributed by atoms with Crippen LogP contribution in [-0.2, 0) is 16.1 Å². The second-order valence-electron chi connectivity index (χ2n) is 8.08. The molecule has 0 aliphatic heterocycles. The molecule has 1 aliphatic rings. The van der Waals surface area contributed by atoms with Gasteiger partial charge in [0, 0.05) is 19.2 Å². The molecule has 1 atom stereocenters. The molecule has 0 spiro atoms. The lowest BCUT2D eigenvalue weighted by atomic mass is 9.95. The van der Waals surface area contributed by atoms with Crippen LogP contribution >= 0.6 is 0 Å². The van der Waals surface area contributed by atoms with Crippen LogP contribution in [0.25, 0.3) is 0 Å². The number of benzene rings is 2. The molecular weight excluding hydrogens is 392 g/mol. The summed E-state index contributed by atoms with van der Waals surface area (Å²) < 4.78 is 0. The Morgan fingerprint density at radius 1 is 1.00 bits per heavy atom. The smallest absolute Gasteiger partial charge is 0.315 e. The van der Waals surface area contributed by atoms with Crippen molar-refractivity contribution < 1.29 is 14.4 Å². The predicted octanol–water partition coefficient (Wildman–Crippen LogP) is 3.63. The zero-order valence-electron chi connectivity index (χ0n) is 18.0. The summed E-state index contributed by atoms with van der Waals surface area (Å²) in [6, 6.07) is 16.4. The fraction of sp³-hybridized carbons (Fsp3) is 0.375. The van der Waals surface area contributed by atoms with Gasteiger partial charge in [-0.2, -0.15) is 0 Å². The maximum absolute atomic E-state index is 13.2. The van der Waals surface area contributed by atoms with Crippen LogP contribution in [0.5, 0.6) is 0 Å². The Bertz CT molecular complexity index is 923. The Kier molecular flexibility index (Phi) is 7.28. The summed E-state index contributed by atoms with van der Waals surface area (Å²) >= 11 is 0. The standard InChI is InChI=1S/C24H30N4O3/c1-17(20-11-8-12-21(15-20)27-18(2)29)26-22(30)24(13-6-7-14-24)28-23(31)25-16-19-9-4-3-5-10-19/h3-5,8-12,15,17H,6-7,13-14,16H2,1-2H3,(H,26,30)(H,27,29)(H2,25,28,31). The van der Waals surface area contributed by atoms with Gasteiger partial charge in [-0.3, -0.25) is 9.59 Å². The van der Waals surface area contributed by atoms with Gasteiger partial charge in [0.2, 0.25) is 11.8 Å². The molecule has 164 valence electrons. The minimum Gasteiger partial charge on any atom is -0.348 e. The largest absolute Gasteiger partial charge is 0.348 e. The van der Waals surface area contributed by atoms with Crippen LogP contribution in [0.1, 0.15) is 56.7 Å². The van der Waals surface area contributed by atoms with Gasteiger partial charge in [0.05, 0.1) is 6.04 Å². The summed E-state index contributed by atoms with van der Waals surface area (Å²) in [7, 11) is 0. The highest BCUT2D eigenvalue weighted by Gasteiger charge is 2.42. The number of amides is 4. The number of hydrogen-bond acceptors (Lipinski definition) is 3. The highest BCUT2D eigenvalue weighted by molar-refractivity contribution is 5.92. The van der Waals surface area contributed by atoms with E-state index in [4.69, 9.17) is 0 Å². The number of nitrogens with one attached hydrogen (secondary N) is 4. The quantitative estimate of drug-likeness (QED) is 0.548. The Morgan fingerprint density at radius 3 is 2.39 bits per heavy atom. The van der Waals surface area contributed by atoms with Gasteiger partial charge in [-0.15, -0.1) is 0 Å². The summed E-state index contributed by atoms with van der Waals surface area (Å²) in [5.41, 5.74) is 1.64. The molecule has 7 nitrogen and oxygen atoms in total. The van der Waals surface area contributed by atoms with Crippen molar-refractivity contribution in [2.45, 2.75) is 57.7 Å². The van der Waals surface area contributed by atoms with Crippen molar-refractivity contribution in [1.82, 2.24) is 16.0 Å². The molecule has 2 aromatic carbocycles. The molecule has 7 heteroatoms. The molecular formula is C24H30N4O3. The van der Waals surface area contributed by atoms with E-state index < -0.39 is 5.54 Å². The third-order valence-electron chi connectivity index (χ3n) is 5.60. The van der Waals surface area contributed by atoms with E-state index in [0.717, 1.165) is 24.0 Å². The van der Waals surface area contributed by atoms with E-state index in [1.54, 1.807) is 6.07 Å². The zero-order chi connectivity index (χ0) is 22.3. The second-order valence-corrected chi connectivity index (χ2v) is 8.08. The first-order valence-corrected chi connectivity index (χ1v) is 10.7. The van der Waals surface area contributed by atoms with Crippen molar-refractivity contribution in [2.24, 2.45) is 0 Å². The van der Waals surface area contributed by atoms with Crippen LogP contribution in [0, 0.1) is 0 Å². The van der Waals surface area contributed by atoms with Crippen molar-refractivity contribution in [3.63, 3.8) is 0 Å². The van der Waals surface area contributed by atoms with Crippen LogP contribution in [0.3, 0.4) is 0 Å². The monoisotopic (exact) mass is 422 g/mol. The van der Waals surface area contributed by atoms with Crippen molar-refractivity contribution in [3.05, 3.63) is 65.7 Å². The van der Waals surface area contributed by atoms with Crippen LogP contribution in [0.2, 0.25) is 0 Å². The summed E-state index contributed by atoms with van der Waals surface area (Å²) in [5, 5.41) is 11.6. The van der Waals surface area contributed by atoms with E-state index in [9.17, 15) is 14.4 Å². The lowest BCUT2D eigenvalue weighted by Gasteiger charge is -2.30. The fourth-order valence-corrected chi connectivity index (χ4v) is 3.93. The van der Waals surface area contributed by atoms with Crippen molar-refractivity contribution in [3.8, 4) is 0 Å². The number of urea groups is 1.